The highest BCUT2D eigenvalue weighted by Gasteiger charge is 2.52. The fourth-order valence-corrected chi connectivity index (χ4v) is 3.63. The molecule has 0 aliphatic heterocycles. The summed E-state index contributed by atoms with van der Waals surface area (Å²) in [6, 6.07) is 20.0. The van der Waals surface area contributed by atoms with E-state index in [4.69, 9.17) is 0 Å². The van der Waals surface area contributed by atoms with Crippen LogP contribution in [0.1, 0.15) is 29.9 Å². The van der Waals surface area contributed by atoms with E-state index < -0.39 is 5.97 Å². The highest BCUT2D eigenvalue weighted by atomic mass is 16.4. The fraction of sp³-hybridized carbons (Fsp3) is 0.278. The standard InChI is InChI=1S/C18H18O2/c1-12-15(13-8-4-2-5-9-13)17(18(19)20)16(12)14-10-6-3-7-11-14/h2-12,15-17H,1H3,(H,19,20)/t12?,15-,16-,17?/m0/s1. The molecule has 0 saturated heterocycles. The second-order valence-corrected chi connectivity index (χ2v) is 5.60. The predicted molar refractivity (Wildman–Crippen MR) is 78.7 cm³/mol. The Labute approximate surface area is 119 Å². The summed E-state index contributed by atoms with van der Waals surface area (Å²) >= 11 is 0. The Kier molecular flexibility index (Phi) is 3.31. The number of carboxylic acid groups (broad SMARTS) is 1. The van der Waals surface area contributed by atoms with Gasteiger partial charge in [0.05, 0.1) is 5.92 Å². The fourth-order valence-electron chi connectivity index (χ4n) is 3.63. The van der Waals surface area contributed by atoms with Crippen LogP contribution in [0.2, 0.25) is 0 Å². The molecule has 20 heavy (non-hydrogen) atoms. The lowest BCUT2D eigenvalue weighted by atomic mass is 9.53. The molecule has 3 rings (SSSR count). The number of hydrogen-bond acceptors (Lipinski definition) is 1. The van der Waals surface area contributed by atoms with E-state index in [1.165, 1.54) is 0 Å². The molecule has 102 valence electrons. The van der Waals surface area contributed by atoms with Gasteiger partial charge in [0.25, 0.3) is 0 Å². The molecule has 0 amide bonds. The van der Waals surface area contributed by atoms with Crippen molar-refractivity contribution in [2.75, 3.05) is 0 Å². The molecule has 0 bridgehead atoms. The number of carbonyl (C=O) groups is 1. The molecule has 1 fully saturated rings. The van der Waals surface area contributed by atoms with Gasteiger partial charge in [-0.3, -0.25) is 4.79 Å². The monoisotopic (exact) mass is 266 g/mol. The van der Waals surface area contributed by atoms with Crippen molar-refractivity contribution in [2.45, 2.75) is 18.8 Å². The first-order chi connectivity index (χ1) is 9.70. The topological polar surface area (TPSA) is 37.3 Å². The summed E-state index contributed by atoms with van der Waals surface area (Å²) in [4.78, 5) is 11.7. The van der Waals surface area contributed by atoms with Crippen LogP contribution >= 0.6 is 0 Å². The average Bonchev–Trinajstić information content (AvgIpc) is 2.46. The Balaban J connectivity index is 1.94. The van der Waals surface area contributed by atoms with Crippen molar-refractivity contribution in [1.82, 2.24) is 0 Å². The van der Waals surface area contributed by atoms with Gasteiger partial charge in [-0.15, -0.1) is 0 Å². The van der Waals surface area contributed by atoms with Gasteiger partial charge in [-0.25, -0.2) is 0 Å². The van der Waals surface area contributed by atoms with Gasteiger partial charge >= 0.3 is 5.97 Å². The highest BCUT2D eigenvalue weighted by molar-refractivity contribution is 5.75. The first-order valence-corrected chi connectivity index (χ1v) is 7.03. The van der Waals surface area contributed by atoms with Crippen LogP contribution in [-0.2, 0) is 4.79 Å². The maximum Gasteiger partial charge on any atom is 0.307 e. The van der Waals surface area contributed by atoms with Crippen LogP contribution in [0, 0.1) is 11.8 Å². The van der Waals surface area contributed by atoms with E-state index in [0.29, 0.717) is 5.92 Å². The second kappa shape index (κ2) is 5.12. The minimum atomic E-state index is -0.689. The summed E-state index contributed by atoms with van der Waals surface area (Å²) in [5, 5.41) is 9.61. The van der Waals surface area contributed by atoms with E-state index in [9.17, 15) is 9.90 Å². The van der Waals surface area contributed by atoms with Crippen molar-refractivity contribution < 1.29 is 9.90 Å². The maximum atomic E-state index is 11.7. The molecule has 1 aliphatic carbocycles. The van der Waals surface area contributed by atoms with E-state index in [1.807, 2.05) is 60.7 Å². The van der Waals surface area contributed by atoms with Gasteiger partial charge in [-0.1, -0.05) is 67.6 Å². The zero-order chi connectivity index (χ0) is 14.1. The number of rotatable bonds is 3. The Hall–Kier alpha value is -2.09. The Bertz CT molecular complexity index is 544. The van der Waals surface area contributed by atoms with Gasteiger partial charge in [-0.05, 0) is 17.0 Å². The maximum absolute atomic E-state index is 11.7. The molecular weight excluding hydrogens is 248 g/mol. The van der Waals surface area contributed by atoms with Crippen LogP contribution in [0.3, 0.4) is 0 Å². The van der Waals surface area contributed by atoms with Gasteiger partial charge in [0.2, 0.25) is 0 Å². The Morgan fingerprint density at radius 1 is 0.850 bits per heavy atom. The van der Waals surface area contributed by atoms with Gasteiger partial charge in [-0.2, -0.15) is 0 Å². The first-order valence-electron chi connectivity index (χ1n) is 7.03. The van der Waals surface area contributed by atoms with Crippen LogP contribution < -0.4 is 0 Å². The number of hydrogen-bond donors (Lipinski definition) is 1. The lowest BCUT2D eigenvalue weighted by Gasteiger charge is -2.49. The molecule has 0 aromatic heterocycles. The minimum absolute atomic E-state index is 0.110. The summed E-state index contributed by atoms with van der Waals surface area (Å²) in [6.45, 7) is 2.16. The zero-order valence-corrected chi connectivity index (χ0v) is 11.4. The Morgan fingerprint density at radius 2 is 1.25 bits per heavy atom. The van der Waals surface area contributed by atoms with Crippen molar-refractivity contribution in [2.24, 2.45) is 11.8 Å². The average molecular weight is 266 g/mol. The third-order valence-electron chi connectivity index (χ3n) is 4.56. The highest BCUT2D eigenvalue weighted by Crippen LogP contribution is 2.57. The summed E-state index contributed by atoms with van der Waals surface area (Å²) in [7, 11) is 0. The molecule has 2 aromatic carbocycles. The molecule has 0 spiro atoms. The molecule has 0 unspecified atom stereocenters. The van der Waals surface area contributed by atoms with Crippen molar-refractivity contribution in [1.29, 1.82) is 0 Å². The van der Waals surface area contributed by atoms with Crippen molar-refractivity contribution in [3.05, 3.63) is 71.8 Å². The van der Waals surface area contributed by atoms with Gasteiger partial charge < -0.3 is 5.11 Å². The number of aliphatic carboxylic acids is 1. The molecule has 1 saturated carbocycles. The Morgan fingerprint density at radius 3 is 1.60 bits per heavy atom. The zero-order valence-electron chi connectivity index (χ0n) is 11.4. The van der Waals surface area contributed by atoms with Crippen LogP contribution in [0.5, 0.6) is 0 Å². The summed E-state index contributed by atoms with van der Waals surface area (Å²) in [5.41, 5.74) is 2.28. The summed E-state index contributed by atoms with van der Waals surface area (Å²) in [6.07, 6.45) is 0. The van der Waals surface area contributed by atoms with Crippen LogP contribution in [0.15, 0.2) is 60.7 Å². The van der Waals surface area contributed by atoms with Crippen molar-refractivity contribution in [3.63, 3.8) is 0 Å². The van der Waals surface area contributed by atoms with E-state index in [0.717, 1.165) is 11.1 Å². The molecule has 0 heterocycles. The van der Waals surface area contributed by atoms with Gasteiger partial charge in [0.1, 0.15) is 0 Å². The van der Waals surface area contributed by atoms with E-state index in [-0.39, 0.29) is 17.8 Å². The van der Waals surface area contributed by atoms with E-state index in [1.54, 1.807) is 0 Å². The molecule has 0 radical (unpaired) electrons. The normalized spacial score (nSPS) is 28.6. The van der Waals surface area contributed by atoms with Crippen molar-refractivity contribution in [3.8, 4) is 0 Å². The van der Waals surface area contributed by atoms with Crippen LogP contribution in [0.25, 0.3) is 0 Å². The molecule has 1 N–H and O–H groups in total. The smallest absolute Gasteiger partial charge is 0.307 e. The lowest BCUT2D eigenvalue weighted by molar-refractivity contribution is -0.149. The molecule has 1 aliphatic rings. The quantitative estimate of drug-likeness (QED) is 0.914. The molecule has 2 atom stereocenters. The lowest BCUT2D eigenvalue weighted by Crippen LogP contribution is -2.46. The summed E-state index contributed by atoms with van der Waals surface area (Å²) in [5.74, 6) is -0.445. The summed E-state index contributed by atoms with van der Waals surface area (Å²) < 4.78 is 0. The van der Waals surface area contributed by atoms with E-state index >= 15 is 0 Å². The largest absolute Gasteiger partial charge is 0.481 e. The third-order valence-corrected chi connectivity index (χ3v) is 4.56. The molecule has 2 nitrogen and oxygen atoms in total. The molecule has 2 heteroatoms. The SMILES string of the molecule is CC1[C@@H](c2ccccc2)C(C(=O)O)[C@@H]1c1ccccc1. The van der Waals surface area contributed by atoms with Gasteiger partial charge in [0, 0.05) is 11.8 Å². The molecule has 2 aromatic rings. The number of carboxylic acids is 1. The first kappa shape index (κ1) is 12.9. The number of benzene rings is 2. The van der Waals surface area contributed by atoms with Crippen LogP contribution in [-0.4, -0.2) is 11.1 Å². The van der Waals surface area contributed by atoms with Gasteiger partial charge in [0.15, 0.2) is 0 Å². The van der Waals surface area contributed by atoms with Crippen LogP contribution in [0.4, 0.5) is 0 Å². The predicted octanol–water partition coefficient (Wildman–Crippen LogP) is 3.90. The second-order valence-electron chi connectivity index (χ2n) is 5.60. The van der Waals surface area contributed by atoms with E-state index in [2.05, 4.69) is 6.92 Å². The third kappa shape index (κ3) is 2.01. The minimum Gasteiger partial charge on any atom is -0.481 e. The molecular formula is C18H18O2. The van der Waals surface area contributed by atoms with Crippen molar-refractivity contribution >= 4 is 5.97 Å².